The summed E-state index contributed by atoms with van der Waals surface area (Å²) in [7, 11) is 0. The molecular formula is C12H16. The summed E-state index contributed by atoms with van der Waals surface area (Å²) >= 11 is 0. The van der Waals surface area contributed by atoms with Crippen LogP contribution in [0.5, 0.6) is 0 Å². The molecule has 64 valence electrons. The third-order valence-electron chi connectivity index (χ3n) is 3.99. The second-order valence-electron chi connectivity index (χ2n) is 4.52. The van der Waals surface area contributed by atoms with Crippen LogP contribution in [0.25, 0.3) is 0 Å². The minimum absolute atomic E-state index is 0.728. The highest BCUT2D eigenvalue weighted by atomic mass is 14.5. The first-order valence-corrected chi connectivity index (χ1v) is 5.28. The molecule has 0 unspecified atom stereocenters. The van der Waals surface area contributed by atoms with Gasteiger partial charge in [0.1, 0.15) is 0 Å². The Labute approximate surface area is 74.4 Å². The van der Waals surface area contributed by atoms with E-state index in [0.29, 0.717) is 0 Å². The molecule has 0 atom stereocenters. The highest BCUT2D eigenvalue weighted by Gasteiger charge is 2.49. The number of hydrogen-bond donors (Lipinski definition) is 0. The van der Waals surface area contributed by atoms with E-state index < -0.39 is 0 Å². The summed E-state index contributed by atoms with van der Waals surface area (Å²) in [6, 6.07) is 0. The lowest BCUT2D eigenvalue weighted by Crippen LogP contribution is -2.20. The van der Waals surface area contributed by atoms with Gasteiger partial charge in [-0.15, -0.1) is 0 Å². The van der Waals surface area contributed by atoms with Crippen LogP contribution < -0.4 is 0 Å². The Balaban J connectivity index is 2.01. The molecule has 12 heavy (non-hydrogen) atoms. The molecule has 1 fully saturated rings. The molecule has 0 heteroatoms. The molecule has 0 N–H and O–H groups in total. The molecule has 0 saturated heterocycles. The lowest BCUT2D eigenvalue weighted by atomic mass is 9.69. The van der Waals surface area contributed by atoms with Crippen molar-refractivity contribution in [1.82, 2.24) is 0 Å². The van der Waals surface area contributed by atoms with Gasteiger partial charge in [0, 0.05) is 0 Å². The van der Waals surface area contributed by atoms with E-state index in [4.69, 9.17) is 0 Å². The average Bonchev–Trinajstić information content (AvgIpc) is 2.75. The summed E-state index contributed by atoms with van der Waals surface area (Å²) in [6.07, 6.45) is 10.9. The maximum absolute atomic E-state index is 2.52. The standard InChI is InChI=1S/C12H16/c1-2-9-5-6-12(7-8-12)11-4-3-10(9)11/h5H,2-4,6-8H2,1H3. The van der Waals surface area contributed by atoms with Crippen LogP contribution in [0.15, 0.2) is 22.8 Å². The maximum atomic E-state index is 2.52. The molecule has 1 spiro atoms. The van der Waals surface area contributed by atoms with Gasteiger partial charge in [0.15, 0.2) is 0 Å². The second kappa shape index (κ2) is 2.04. The molecule has 0 aromatic rings. The predicted octanol–water partition coefficient (Wildman–Crippen LogP) is 3.60. The van der Waals surface area contributed by atoms with Crippen LogP contribution in [-0.2, 0) is 0 Å². The minimum atomic E-state index is 0.728. The Morgan fingerprint density at radius 1 is 1.33 bits per heavy atom. The molecule has 0 amide bonds. The molecule has 0 heterocycles. The third kappa shape index (κ3) is 0.688. The number of fused-ring (bicyclic) bond motifs is 1. The van der Waals surface area contributed by atoms with E-state index in [9.17, 15) is 0 Å². The van der Waals surface area contributed by atoms with E-state index in [-0.39, 0.29) is 0 Å². The van der Waals surface area contributed by atoms with Crippen molar-refractivity contribution in [1.29, 1.82) is 0 Å². The van der Waals surface area contributed by atoms with E-state index in [0.717, 1.165) is 5.41 Å². The summed E-state index contributed by atoms with van der Waals surface area (Å²) in [5, 5.41) is 0. The van der Waals surface area contributed by atoms with E-state index in [1.807, 2.05) is 5.57 Å². The Morgan fingerprint density at radius 3 is 2.67 bits per heavy atom. The first kappa shape index (κ1) is 6.94. The van der Waals surface area contributed by atoms with Gasteiger partial charge < -0.3 is 0 Å². The Hall–Kier alpha value is -0.520. The van der Waals surface area contributed by atoms with Gasteiger partial charge in [-0.2, -0.15) is 0 Å². The van der Waals surface area contributed by atoms with E-state index in [1.165, 1.54) is 38.5 Å². The SMILES string of the molecule is CCC1=CCC2(CC2)C2=C1CC2. The molecule has 0 radical (unpaired) electrons. The van der Waals surface area contributed by atoms with Gasteiger partial charge in [-0.05, 0) is 55.1 Å². The number of rotatable bonds is 1. The quantitative estimate of drug-likeness (QED) is 0.550. The first-order chi connectivity index (χ1) is 5.86. The minimum Gasteiger partial charge on any atom is -0.0802 e. The molecular weight excluding hydrogens is 144 g/mol. The molecule has 0 aromatic heterocycles. The maximum Gasteiger partial charge on any atom is -0.00468 e. The van der Waals surface area contributed by atoms with Crippen molar-refractivity contribution in [2.45, 2.75) is 45.4 Å². The van der Waals surface area contributed by atoms with Crippen LogP contribution in [0.4, 0.5) is 0 Å². The smallest absolute Gasteiger partial charge is 0.00468 e. The van der Waals surface area contributed by atoms with Gasteiger partial charge in [-0.25, -0.2) is 0 Å². The van der Waals surface area contributed by atoms with Gasteiger partial charge in [0.2, 0.25) is 0 Å². The summed E-state index contributed by atoms with van der Waals surface area (Å²) in [4.78, 5) is 0. The van der Waals surface area contributed by atoms with Crippen LogP contribution in [0, 0.1) is 5.41 Å². The molecule has 3 rings (SSSR count). The third-order valence-corrected chi connectivity index (χ3v) is 3.99. The predicted molar refractivity (Wildman–Crippen MR) is 50.9 cm³/mol. The summed E-state index contributed by atoms with van der Waals surface area (Å²) < 4.78 is 0. The molecule has 1 saturated carbocycles. The zero-order valence-corrected chi connectivity index (χ0v) is 7.82. The van der Waals surface area contributed by atoms with Crippen molar-refractivity contribution in [3.05, 3.63) is 22.8 Å². The Kier molecular flexibility index (Phi) is 1.18. The van der Waals surface area contributed by atoms with Crippen molar-refractivity contribution < 1.29 is 0 Å². The van der Waals surface area contributed by atoms with Crippen LogP contribution in [0.2, 0.25) is 0 Å². The van der Waals surface area contributed by atoms with Gasteiger partial charge in [0.25, 0.3) is 0 Å². The van der Waals surface area contributed by atoms with Crippen LogP contribution in [0.1, 0.15) is 45.4 Å². The van der Waals surface area contributed by atoms with Crippen molar-refractivity contribution >= 4 is 0 Å². The molecule has 0 nitrogen and oxygen atoms in total. The lowest BCUT2D eigenvalue weighted by Gasteiger charge is -2.36. The van der Waals surface area contributed by atoms with Gasteiger partial charge in [0.05, 0.1) is 0 Å². The average molecular weight is 160 g/mol. The fraction of sp³-hybridized carbons (Fsp3) is 0.667. The summed E-state index contributed by atoms with van der Waals surface area (Å²) in [5.74, 6) is 0. The van der Waals surface area contributed by atoms with Crippen LogP contribution in [-0.4, -0.2) is 0 Å². The zero-order chi connectivity index (χ0) is 8.18. The largest absolute Gasteiger partial charge is 0.0802 e. The molecule has 3 aliphatic carbocycles. The van der Waals surface area contributed by atoms with Gasteiger partial charge >= 0.3 is 0 Å². The fourth-order valence-corrected chi connectivity index (χ4v) is 2.89. The zero-order valence-electron chi connectivity index (χ0n) is 7.82. The topological polar surface area (TPSA) is 0 Å². The van der Waals surface area contributed by atoms with Gasteiger partial charge in [-0.3, -0.25) is 0 Å². The van der Waals surface area contributed by atoms with Gasteiger partial charge in [-0.1, -0.05) is 18.6 Å². The van der Waals surface area contributed by atoms with Crippen LogP contribution in [0.3, 0.4) is 0 Å². The molecule has 3 aliphatic rings. The second-order valence-corrected chi connectivity index (χ2v) is 4.52. The molecule has 0 bridgehead atoms. The van der Waals surface area contributed by atoms with E-state index in [1.54, 1.807) is 11.1 Å². The highest BCUT2D eigenvalue weighted by molar-refractivity contribution is 5.50. The van der Waals surface area contributed by atoms with Crippen molar-refractivity contribution in [2.24, 2.45) is 5.41 Å². The molecule has 0 aromatic carbocycles. The fourth-order valence-electron chi connectivity index (χ4n) is 2.89. The molecule has 0 aliphatic heterocycles. The lowest BCUT2D eigenvalue weighted by molar-refractivity contribution is 0.520. The Bertz CT molecular complexity index is 287. The van der Waals surface area contributed by atoms with Crippen molar-refractivity contribution in [3.63, 3.8) is 0 Å². The Morgan fingerprint density at radius 2 is 2.17 bits per heavy atom. The van der Waals surface area contributed by atoms with Crippen LogP contribution >= 0.6 is 0 Å². The number of allylic oxidation sites excluding steroid dienone is 4. The van der Waals surface area contributed by atoms with E-state index >= 15 is 0 Å². The van der Waals surface area contributed by atoms with E-state index in [2.05, 4.69) is 13.0 Å². The first-order valence-electron chi connectivity index (χ1n) is 5.28. The summed E-state index contributed by atoms with van der Waals surface area (Å²) in [5.41, 5.74) is 6.03. The highest BCUT2D eigenvalue weighted by Crippen LogP contribution is 2.63. The van der Waals surface area contributed by atoms with Crippen molar-refractivity contribution in [2.75, 3.05) is 0 Å². The monoisotopic (exact) mass is 160 g/mol. The normalized spacial score (nSPS) is 29.6. The number of hydrogen-bond acceptors (Lipinski definition) is 0. The summed E-state index contributed by atoms with van der Waals surface area (Å²) in [6.45, 7) is 2.29. The van der Waals surface area contributed by atoms with Crippen molar-refractivity contribution in [3.8, 4) is 0 Å².